The van der Waals surface area contributed by atoms with Gasteiger partial charge in [-0.2, -0.15) is 0 Å². The summed E-state index contributed by atoms with van der Waals surface area (Å²) in [7, 11) is 0. The Kier molecular flexibility index (Phi) is 1.90. The second-order valence-electron chi connectivity index (χ2n) is 2.23. The third kappa shape index (κ3) is 1.22. The predicted octanol–water partition coefficient (Wildman–Crippen LogP) is 2.53. The number of allylic oxidation sites excluding steroid dienone is 4. The summed E-state index contributed by atoms with van der Waals surface area (Å²) in [6.07, 6.45) is 11.4. The van der Waals surface area contributed by atoms with E-state index in [1.807, 2.05) is 0 Å². The molecule has 1 aliphatic carbocycles. The van der Waals surface area contributed by atoms with E-state index in [1.165, 1.54) is 12.8 Å². The normalized spacial score (nSPS) is 21.1. The molecule has 0 N–H and O–H groups in total. The smallest absolute Gasteiger partial charge is 0.0164 e. The van der Waals surface area contributed by atoms with Crippen molar-refractivity contribution in [1.82, 2.24) is 0 Å². The average molecular weight is 108 g/mol. The lowest BCUT2D eigenvalue weighted by Gasteiger charge is -1.97. The summed E-state index contributed by atoms with van der Waals surface area (Å²) < 4.78 is 0. The molecule has 0 nitrogen and oxygen atoms in total. The lowest BCUT2D eigenvalue weighted by Crippen LogP contribution is -1.84. The van der Waals surface area contributed by atoms with Gasteiger partial charge < -0.3 is 0 Å². The maximum atomic E-state index is 2.28. The molecule has 0 aromatic heterocycles. The van der Waals surface area contributed by atoms with E-state index >= 15 is 0 Å². The fraction of sp³-hybridized carbons (Fsp3) is 0.500. The first-order chi connectivity index (χ1) is 3.93. The molecule has 0 amide bonds. The van der Waals surface area contributed by atoms with Gasteiger partial charge >= 0.3 is 0 Å². The van der Waals surface area contributed by atoms with Crippen LogP contribution in [0.3, 0.4) is 0 Å². The molecule has 0 atom stereocenters. The van der Waals surface area contributed by atoms with E-state index in [0.717, 1.165) is 5.92 Å². The molecule has 0 heterocycles. The highest BCUT2D eigenvalue weighted by Crippen LogP contribution is 2.18. The second kappa shape index (κ2) is 2.71. The molecule has 0 radical (unpaired) electrons. The van der Waals surface area contributed by atoms with Gasteiger partial charge in [-0.25, -0.2) is 0 Å². The topological polar surface area (TPSA) is 0 Å². The Bertz CT molecular complexity index is 101. The van der Waals surface area contributed by atoms with Crippen molar-refractivity contribution in [3.63, 3.8) is 0 Å². The van der Waals surface area contributed by atoms with Crippen LogP contribution in [-0.4, -0.2) is 0 Å². The third-order valence-electron chi connectivity index (χ3n) is 1.51. The summed E-state index contributed by atoms with van der Waals surface area (Å²) in [4.78, 5) is 0. The molecule has 1 rings (SSSR count). The minimum atomic E-state index is 0.819. The second-order valence-corrected chi connectivity index (χ2v) is 2.23. The minimum absolute atomic E-state index is 0.819. The zero-order valence-corrected chi connectivity index (χ0v) is 5.30. The zero-order chi connectivity index (χ0) is 5.82. The Labute approximate surface area is 50.9 Å². The standard InChI is InChI=1S/C8H12/c1-2-5-8-6-3-4-7-8/h2-5,8H,6-7H2,1H3. The highest BCUT2D eigenvalue weighted by atomic mass is 14.1. The van der Waals surface area contributed by atoms with Gasteiger partial charge in [-0.05, 0) is 25.7 Å². The summed E-state index contributed by atoms with van der Waals surface area (Å²) in [6, 6.07) is 0. The molecule has 0 unspecified atom stereocenters. The third-order valence-corrected chi connectivity index (χ3v) is 1.51. The van der Waals surface area contributed by atoms with Crippen LogP contribution in [0.1, 0.15) is 19.8 Å². The van der Waals surface area contributed by atoms with Crippen molar-refractivity contribution >= 4 is 0 Å². The van der Waals surface area contributed by atoms with Gasteiger partial charge in [0.05, 0.1) is 0 Å². The van der Waals surface area contributed by atoms with Crippen molar-refractivity contribution < 1.29 is 0 Å². The highest BCUT2D eigenvalue weighted by molar-refractivity contribution is 5.01. The monoisotopic (exact) mass is 108 g/mol. The quantitative estimate of drug-likeness (QED) is 0.453. The maximum Gasteiger partial charge on any atom is -0.0164 e. The van der Waals surface area contributed by atoms with Crippen LogP contribution in [0.5, 0.6) is 0 Å². The molecule has 0 aromatic rings. The molecule has 8 heavy (non-hydrogen) atoms. The van der Waals surface area contributed by atoms with Crippen LogP contribution in [-0.2, 0) is 0 Å². The molecule has 0 aliphatic heterocycles. The fourth-order valence-corrected chi connectivity index (χ4v) is 1.07. The Hall–Kier alpha value is -0.520. The summed E-state index contributed by atoms with van der Waals surface area (Å²) in [5.41, 5.74) is 0. The first-order valence-corrected chi connectivity index (χ1v) is 3.21. The van der Waals surface area contributed by atoms with Crippen LogP contribution in [0, 0.1) is 5.92 Å². The van der Waals surface area contributed by atoms with Gasteiger partial charge in [0.25, 0.3) is 0 Å². The Morgan fingerprint density at radius 3 is 2.50 bits per heavy atom. The van der Waals surface area contributed by atoms with Crippen molar-refractivity contribution in [2.24, 2.45) is 5.92 Å². The van der Waals surface area contributed by atoms with Gasteiger partial charge in [-0.15, -0.1) is 0 Å². The van der Waals surface area contributed by atoms with Gasteiger partial charge in [-0.1, -0.05) is 24.3 Å². The SMILES string of the molecule is CC=CC1CC=CC1. The molecule has 0 spiro atoms. The molecule has 0 aromatic carbocycles. The highest BCUT2D eigenvalue weighted by Gasteiger charge is 2.03. The van der Waals surface area contributed by atoms with Gasteiger partial charge in [-0.3, -0.25) is 0 Å². The van der Waals surface area contributed by atoms with Crippen molar-refractivity contribution in [3.8, 4) is 0 Å². The van der Waals surface area contributed by atoms with Crippen molar-refractivity contribution in [1.29, 1.82) is 0 Å². The molecular formula is C8H12. The van der Waals surface area contributed by atoms with Crippen LogP contribution in [0.4, 0.5) is 0 Å². The molecule has 1 aliphatic rings. The van der Waals surface area contributed by atoms with Gasteiger partial charge in [0.15, 0.2) is 0 Å². The average Bonchev–Trinajstić information content (AvgIpc) is 2.19. The molecule has 0 fully saturated rings. The molecular weight excluding hydrogens is 96.1 g/mol. The predicted molar refractivity (Wildman–Crippen MR) is 36.7 cm³/mol. The van der Waals surface area contributed by atoms with Crippen molar-refractivity contribution in [2.45, 2.75) is 19.8 Å². The Morgan fingerprint density at radius 1 is 1.38 bits per heavy atom. The molecule has 0 saturated carbocycles. The number of rotatable bonds is 1. The minimum Gasteiger partial charge on any atom is -0.0914 e. The van der Waals surface area contributed by atoms with Crippen LogP contribution < -0.4 is 0 Å². The van der Waals surface area contributed by atoms with E-state index in [-0.39, 0.29) is 0 Å². The van der Waals surface area contributed by atoms with Gasteiger partial charge in [0, 0.05) is 0 Å². The number of hydrogen-bond acceptors (Lipinski definition) is 0. The number of hydrogen-bond donors (Lipinski definition) is 0. The van der Waals surface area contributed by atoms with Gasteiger partial charge in [0.2, 0.25) is 0 Å². The maximum absolute atomic E-state index is 2.28. The summed E-state index contributed by atoms with van der Waals surface area (Å²) in [5, 5.41) is 0. The van der Waals surface area contributed by atoms with E-state index < -0.39 is 0 Å². The molecule has 0 heteroatoms. The summed E-state index contributed by atoms with van der Waals surface area (Å²) in [6.45, 7) is 2.08. The summed E-state index contributed by atoms with van der Waals surface area (Å²) >= 11 is 0. The Morgan fingerprint density at radius 2 is 2.00 bits per heavy atom. The van der Waals surface area contributed by atoms with Gasteiger partial charge in [0.1, 0.15) is 0 Å². The van der Waals surface area contributed by atoms with Crippen LogP contribution >= 0.6 is 0 Å². The van der Waals surface area contributed by atoms with E-state index in [4.69, 9.17) is 0 Å². The summed E-state index contributed by atoms with van der Waals surface area (Å²) in [5.74, 6) is 0.819. The zero-order valence-electron chi connectivity index (χ0n) is 5.30. The first kappa shape index (κ1) is 5.61. The largest absolute Gasteiger partial charge is 0.0914 e. The van der Waals surface area contributed by atoms with E-state index in [0.29, 0.717) is 0 Å². The molecule has 0 bridgehead atoms. The first-order valence-electron chi connectivity index (χ1n) is 3.21. The van der Waals surface area contributed by atoms with Crippen molar-refractivity contribution in [3.05, 3.63) is 24.3 Å². The van der Waals surface area contributed by atoms with E-state index in [9.17, 15) is 0 Å². The lowest BCUT2D eigenvalue weighted by molar-refractivity contribution is 0.715. The van der Waals surface area contributed by atoms with E-state index in [1.54, 1.807) is 0 Å². The Balaban J connectivity index is 2.30. The van der Waals surface area contributed by atoms with Crippen LogP contribution in [0.25, 0.3) is 0 Å². The van der Waals surface area contributed by atoms with Crippen LogP contribution in [0.15, 0.2) is 24.3 Å². The lowest BCUT2D eigenvalue weighted by atomic mass is 10.1. The van der Waals surface area contributed by atoms with E-state index in [2.05, 4.69) is 31.2 Å². The fourth-order valence-electron chi connectivity index (χ4n) is 1.07. The molecule has 0 saturated heterocycles. The van der Waals surface area contributed by atoms with Crippen LogP contribution in [0.2, 0.25) is 0 Å². The van der Waals surface area contributed by atoms with Crippen molar-refractivity contribution in [2.75, 3.05) is 0 Å². The molecule has 44 valence electrons.